The Morgan fingerprint density at radius 1 is 1.31 bits per heavy atom. The summed E-state index contributed by atoms with van der Waals surface area (Å²) in [7, 11) is 4.25. The summed E-state index contributed by atoms with van der Waals surface area (Å²) in [5, 5.41) is 3.52. The Morgan fingerprint density at radius 3 is 2.62 bits per heavy atom. The zero-order valence-corrected chi connectivity index (χ0v) is 8.92. The van der Waals surface area contributed by atoms with Crippen molar-refractivity contribution in [1.29, 1.82) is 0 Å². The van der Waals surface area contributed by atoms with Crippen LogP contribution in [0.15, 0.2) is 12.2 Å². The van der Waals surface area contributed by atoms with E-state index in [2.05, 4.69) is 36.5 Å². The highest BCUT2D eigenvalue weighted by molar-refractivity contribution is 4.94. The van der Waals surface area contributed by atoms with Crippen LogP contribution in [0.4, 0.5) is 0 Å². The van der Waals surface area contributed by atoms with Crippen LogP contribution < -0.4 is 5.32 Å². The van der Waals surface area contributed by atoms with Crippen molar-refractivity contribution in [3.63, 3.8) is 0 Å². The molecule has 2 nitrogen and oxygen atoms in total. The van der Waals surface area contributed by atoms with Crippen molar-refractivity contribution < 1.29 is 0 Å². The molecular weight excluding hydrogens is 160 g/mol. The highest BCUT2D eigenvalue weighted by atomic mass is 15.1. The maximum atomic E-state index is 3.52. The fraction of sp³-hybridized carbons (Fsp3) is 0.818. The minimum Gasteiger partial charge on any atom is -0.316 e. The molecule has 1 aliphatic rings. The van der Waals surface area contributed by atoms with Gasteiger partial charge in [-0.15, -0.1) is 0 Å². The summed E-state index contributed by atoms with van der Waals surface area (Å²) >= 11 is 0. The molecule has 2 heteroatoms. The van der Waals surface area contributed by atoms with Gasteiger partial charge >= 0.3 is 0 Å². The van der Waals surface area contributed by atoms with Crippen LogP contribution in [0.1, 0.15) is 19.3 Å². The smallest absolute Gasteiger partial charge is 0.00127 e. The molecule has 1 rings (SSSR count). The van der Waals surface area contributed by atoms with E-state index in [0.717, 1.165) is 12.5 Å². The van der Waals surface area contributed by atoms with E-state index in [9.17, 15) is 0 Å². The normalized spacial score (nSPS) is 17.5. The van der Waals surface area contributed by atoms with E-state index in [1.165, 1.54) is 32.4 Å². The quantitative estimate of drug-likeness (QED) is 0.494. The van der Waals surface area contributed by atoms with Crippen molar-refractivity contribution in [2.75, 3.05) is 33.7 Å². The number of nitrogens with zero attached hydrogens (tertiary/aromatic N) is 1. The SMILES string of the molecule is CN(C)CCCNCC1CC=CC1. The van der Waals surface area contributed by atoms with Gasteiger partial charge in [-0.1, -0.05) is 12.2 Å². The van der Waals surface area contributed by atoms with Crippen LogP contribution in [0, 0.1) is 5.92 Å². The van der Waals surface area contributed by atoms with E-state index in [4.69, 9.17) is 0 Å². The minimum absolute atomic E-state index is 0.874. The molecule has 0 spiro atoms. The van der Waals surface area contributed by atoms with Crippen molar-refractivity contribution in [1.82, 2.24) is 10.2 Å². The molecule has 0 aromatic heterocycles. The van der Waals surface area contributed by atoms with Gasteiger partial charge in [-0.25, -0.2) is 0 Å². The third-order valence-corrected chi connectivity index (χ3v) is 2.50. The fourth-order valence-corrected chi connectivity index (χ4v) is 1.67. The van der Waals surface area contributed by atoms with Crippen LogP contribution >= 0.6 is 0 Å². The predicted molar refractivity (Wildman–Crippen MR) is 57.9 cm³/mol. The highest BCUT2D eigenvalue weighted by Gasteiger charge is 2.08. The van der Waals surface area contributed by atoms with Crippen molar-refractivity contribution in [2.24, 2.45) is 5.92 Å². The van der Waals surface area contributed by atoms with Crippen LogP contribution in [-0.2, 0) is 0 Å². The highest BCUT2D eigenvalue weighted by Crippen LogP contribution is 2.15. The monoisotopic (exact) mass is 182 g/mol. The van der Waals surface area contributed by atoms with Crippen molar-refractivity contribution in [3.8, 4) is 0 Å². The Balaban J connectivity index is 1.84. The maximum Gasteiger partial charge on any atom is -0.00127 e. The van der Waals surface area contributed by atoms with E-state index in [1.54, 1.807) is 0 Å². The van der Waals surface area contributed by atoms with Crippen molar-refractivity contribution in [3.05, 3.63) is 12.2 Å². The molecule has 0 fully saturated rings. The number of allylic oxidation sites excluding steroid dienone is 2. The van der Waals surface area contributed by atoms with Crippen LogP contribution in [0.2, 0.25) is 0 Å². The lowest BCUT2D eigenvalue weighted by Crippen LogP contribution is -2.25. The summed E-state index contributed by atoms with van der Waals surface area (Å²) in [6.45, 7) is 3.55. The summed E-state index contributed by atoms with van der Waals surface area (Å²) < 4.78 is 0. The third kappa shape index (κ3) is 5.06. The van der Waals surface area contributed by atoms with Gasteiger partial charge in [0.2, 0.25) is 0 Å². The van der Waals surface area contributed by atoms with E-state index in [1.807, 2.05) is 0 Å². The Kier molecular flexibility index (Phi) is 5.09. The summed E-state index contributed by atoms with van der Waals surface area (Å²) in [4.78, 5) is 2.23. The second-order valence-electron chi connectivity index (χ2n) is 4.17. The lowest BCUT2D eigenvalue weighted by Gasteiger charge is -2.12. The first-order valence-electron chi connectivity index (χ1n) is 5.29. The van der Waals surface area contributed by atoms with Gasteiger partial charge in [-0.2, -0.15) is 0 Å². The molecular formula is C11H22N2. The average Bonchev–Trinajstić information content (AvgIpc) is 2.55. The average molecular weight is 182 g/mol. The van der Waals surface area contributed by atoms with Gasteiger partial charge in [0.05, 0.1) is 0 Å². The van der Waals surface area contributed by atoms with Gasteiger partial charge in [-0.05, 0) is 58.9 Å². The van der Waals surface area contributed by atoms with Gasteiger partial charge in [0.1, 0.15) is 0 Å². The predicted octanol–water partition coefficient (Wildman–Crippen LogP) is 1.49. The molecule has 1 N–H and O–H groups in total. The second-order valence-corrected chi connectivity index (χ2v) is 4.17. The molecule has 1 aliphatic carbocycles. The van der Waals surface area contributed by atoms with E-state index in [-0.39, 0.29) is 0 Å². The lowest BCUT2D eigenvalue weighted by atomic mass is 10.1. The van der Waals surface area contributed by atoms with E-state index in [0.29, 0.717) is 0 Å². The molecule has 0 aromatic rings. The number of hydrogen-bond acceptors (Lipinski definition) is 2. The topological polar surface area (TPSA) is 15.3 Å². The maximum absolute atomic E-state index is 3.52. The Hall–Kier alpha value is -0.340. The Morgan fingerprint density at radius 2 is 2.00 bits per heavy atom. The lowest BCUT2D eigenvalue weighted by molar-refractivity contribution is 0.389. The van der Waals surface area contributed by atoms with Gasteiger partial charge in [-0.3, -0.25) is 0 Å². The first kappa shape index (κ1) is 10.7. The summed E-state index contributed by atoms with van der Waals surface area (Å²) in [5.74, 6) is 0.874. The molecule has 13 heavy (non-hydrogen) atoms. The number of nitrogens with one attached hydrogen (secondary N) is 1. The molecule has 0 aromatic carbocycles. The van der Waals surface area contributed by atoms with Crippen LogP contribution in [-0.4, -0.2) is 38.6 Å². The molecule has 0 aliphatic heterocycles. The molecule has 0 heterocycles. The van der Waals surface area contributed by atoms with Crippen molar-refractivity contribution in [2.45, 2.75) is 19.3 Å². The van der Waals surface area contributed by atoms with Gasteiger partial charge < -0.3 is 10.2 Å². The Bertz CT molecular complexity index is 144. The second kappa shape index (κ2) is 6.17. The van der Waals surface area contributed by atoms with E-state index < -0.39 is 0 Å². The standard InChI is InChI=1S/C11H22N2/c1-13(2)9-5-8-12-10-11-6-3-4-7-11/h3-4,11-12H,5-10H2,1-2H3. The van der Waals surface area contributed by atoms with Crippen LogP contribution in [0.5, 0.6) is 0 Å². The minimum atomic E-state index is 0.874. The van der Waals surface area contributed by atoms with Gasteiger partial charge in [0, 0.05) is 0 Å². The summed E-state index contributed by atoms with van der Waals surface area (Å²) in [6.07, 6.45) is 8.41. The Labute approximate surface area is 82.0 Å². The molecule has 0 bridgehead atoms. The van der Waals surface area contributed by atoms with Crippen molar-refractivity contribution >= 4 is 0 Å². The largest absolute Gasteiger partial charge is 0.316 e. The van der Waals surface area contributed by atoms with Gasteiger partial charge in [0.25, 0.3) is 0 Å². The molecule has 0 amide bonds. The first-order chi connectivity index (χ1) is 6.29. The van der Waals surface area contributed by atoms with E-state index >= 15 is 0 Å². The molecule has 76 valence electrons. The zero-order valence-electron chi connectivity index (χ0n) is 8.92. The molecule has 0 saturated heterocycles. The molecule has 0 saturated carbocycles. The first-order valence-corrected chi connectivity index (χ1v) is 5.29. The van der Waals surface area contributed by atoms with Gasteiger partial charge in [0.15, 0.2) is 0 Å². The molecule has 0 radical (unpaired) electrons. The molecule has 0 unspecified atom stereocenters. The summed E-state index contributed by atoms with van der Waals surface area (Å²) in [6, 6.07) is 0. The number of hydrogen-bond donors (Lipinski definition) is 1. The fourth-order valence-electron chi connectivity index (χ4n) is 1.67. The molecule has 0 atom stereocenters. The zero-order chi connectivity index (χ0) is 9.52. The third-order valence-electron chi connectivity index (χ3n) is 2.50. The number of rotatable bonds is 6. The van der Waals surface area contributed by atoms with Crippen LogP contribution in [0.25, 0.3) is 0 Å². The summed E-state index contributed by atoms with van der Waals surface area (Å²) in [5.41, 5.74) is 0. The van der Waals surface area contributed by atoms with Crippen LogP contribution in [0.3, 0.4) is 0 Å².